The average Bonchev–Trinajstić information content (AvgIpc) is 3.41. The smallest absolute Gasteiger partial charge is 0.241 e. The molecule has 180 valence electrons. The molecule has 1 aromatic heterocycles. The predicted octanol–water partition coefficient (Wildman–Crippen LogP) is 4.86. The van der Waals surface area contributed by atoms with E-state index in [1.165, 1.54) is 17.4 Å². The lowest BCUT2D eigenvalue weighted by Gasteiger charge is -2.23. The Morgan fingerprint density at radius 1 is 1.15 bits per heavy atom. The molecule has 1 amide bonds. The minimum Gasteiger partial charge on any atom is -0.386 e. The summed E-state index contributed by atoms with van der Waals surface area (Å²) in [5.74, 6) is -0.416. The molecule has 0 atom stereocenters. The summed E-state index contributed by atoms with van der Waals surface area (Å²) in [4.78, 5) is 19.0. The van der Waals surface area contributed by atoms with Crippen molar-refractivity contribution >= 4 is 38.6 Å². The maximum absolute atomic E-state index is 14.3. The Balaban J connectivity index is 1.80. The Labute approximate surface area is 203 Å². The number of benzene rings is 2. The number of rotatable bonds is 6. The second-order valence-electron chi connectivity index (χ2n) is 9.16. The van der Waals surface area contributed by atoms with E-state index in [-0.39, 0.29) is 10.8 Å². The molecule has 0 unspecified atom stereocenters. The van der Waals surface area contributed by atoms with Crippen LogP contribution >= 0.6 is 11.3 Å². The van der Waals surface area contributed by atoms with Crippen LogP contribution in [-0.4, -0.2) is 38.4 Å². The molecule has 1 saturated heterocycles. The van der Waals surface area contributed by atoms with E-state index >= 15 is 0 Å². The molecule has 1 aliphatic heterocycles. The van der Waals surface area contributed by atoms with Crippen LogP contribution in [0.15, 0.2) is 47.5 Å². The summed E-state index contributed by atoms with van der Waals surface area (Å²) >= 11 is 1.28. The molecule has 3 aromatic rings. The van der Waals surface area contributed by atoms with E-state index in [0.29, 0.717) is 45.4 Å². The number of aromatic nitrogens is 1. The fraction of sp³-hybridized carbons (Fsp3) is 0.333. The average molecular weight is 503 g/mol. The fourth-order valence-corrected chi connectivity index (χ4v) is 6.54. The summed E-state index contributed by atoms with van der Waals surface area (Å²) in [5, 5.41) is 3.36. The van der Waals surface area contributed by atoms with E-state index in [1.54, 1.807) is 69.2 Å². The van der Waals surface area contributed by atoms with E-state index in [9.17, 15) is 17.6 Å². The van der Waals surface area contributed by atoms with Gasteiger partial charge in [-0.25, -0.2) is 22.5 Å². The number of halogens is 1. The lowest BCUT2D eigenvalue weighted by atomic mass is 10.1. The quantitative estimate of drug-likeness (QED) is 0.502. The number of amides is 1. The van der Waals surface area contributed by atoms with Gasteiger partial charge in [0.15, 0.2) is 0 Å². The van der Waals surface area contributed by atoms with Gasteiger partial charge in [-0.1, -0.05) is 6.07 Å². The molecule has 2 N–H and O–H groups in total. The highest BCUT2D eigenvalue weighted by Crippen LogP contribution is 2.38. The molecule has 10 heteroatoms. The number of carbonyl (C=O) groups is 1. The molecule has 0 radical (unpaired) electrons. The summed E-state index contributed by atoms with van der Waals surface area (Å²) in [6.45, 7) is 5.87. The minimum atomic E-state index is -3.91. The Morgan fingerprint density at radius 3 is 2.53 bits per heavy atom. The van der Waals surface area contributed by atoms with Gasteiger partial charge in [-0.2, -0.15) is 0 Å². The van der Waals surface area contributed by atoms with Gasteiger partial charge >= 0.3 is 0 Å². The molecule has 4 rings (SSSR count). The van der Waals surface area contributed by atoms with Crippen LogP contribution in [0.4, 0.5) is 15.8 Å². The molecular weight excluding hydrogens is 475 g/mol. The zero-order chi connectivity index (χ0) is 24.7. The number of sulfonamides is 1. The first-order valence-electron chi connectivity index (χ1n) is 10.9. The summed E-state index contributed by atoms with van der Waals surface area (Å²) in [6, 6.07) is 9.81. The van der Waals surface area contributed by atoms with Crippen LogP contribution in [0.25, 0.3) is 21.0 Å². The van der Waals surface area contributed by atoms with Crippen LogP contribution in [0, 0.1) is 5.82 Å². The summed E-state index contributed by atoms with van der Waals surface area (Å²) in [5.41, 5.74) is 1.32. The SMILES string of the molecule is CNc1ccc(-c2ncc(-c3ccc(N4CCCC4=O)cc3S(=O)(=O)NC(C)(C)C)s2)cc1F. The van der Waals surface area contributed by atoms with Crippen LogP contribution in [-0.2, 0) is 14.8 Å². The molecule has 2 aromatic carbocycles. The maximum Gasteiger partial charge on any atom is 0.241 e. The van der Waals surface area contributed by atoms with Crippen molar-refractivity contribution in [2.45, 2.75) is 44.0 Å². The van der Waals surface area contributed by atoms with Crippen LogP contribution in [0.1, 0.15) is 33.6 Å². The molecule has 0 saturated carbocycles. The van der Waals surface area contributed by atoms with Crippen LogP contribution < -0.4 is 14.9 Å². The first-order chi connectivity index (χ1) is 16.0. The molecule has 7 nitrogen and oxygen atoms in total. The molecule has 34 heavy (non-hydrogen) atoms. The third kappa shape index (κ3) is 4.98. The third-order valence-electron chi connectivity index (χ3n) is 5.34. The second-order valence-corrected chi connectivity index (χ2v) is 11.8. The number of hydrogen-bond acceptors (Lipinski definition) is 6. The Bertz CT molecular complexity index is 1350. The topological polar surface area (TPSA) is 91.4 Å². The molecule has 2 heterocycles. The molecule has 0 spiro atoms. The van der Waals surface area contributed by atoms with Gasteiger partial charge in [-0.3, -0.25) is 4.79 Å². The predicted molar refractivity (Wildman–Crippen MR) is 134 cm³/mol. The Hall–Kier alpha value is -2.82. The van der Waals surface area contributed by atoms with E-state index in [2.05, 4.69) is 15.0 Å². The van der Waals surface area contributed by atoms with Crippen LogP contribution in [0.2, 0.25) is 0 Å². The van der Waals surface area contributed by atoms with Crippen LogP contribution in [0.3, 0.4) is 0 Å². The molecule has 1 fully saturated rings. The zero-order valence-corrected chi connectivity index (χ0v) is 21.1. The highest BCUT2D eigenvalue weighted by atomic mass is 32.2. The van der Waals surface area contributed by atoms with Crippen molar-refractivity contribution < 1.29 is 17.6 Å². The zero-order valence-electron chi connectivity index (χ0n) is 19.5. The van der Waals surface area contributed by atoms with Gasteiger partial charge in [0.2, 0.25) is 15.9 Å². The highest BCUT2D eigenvalue weighted by molar-refractivity contribution is 7.89. The highest BCUT2D eigenvalue weighted by Gasteiger charge is 2.29. The molecular formula is C24H27FN4O3S2. The van der Waals surface area contributed by atoms with Gasteiger partial charge < -0.3 is 10.2 Å². The summed E-state index contributed by atoms with van der Waals surface area (Å²) in [7, 11) is -2.27. The normalized spacial score (nSPS) is 14.6. The van der Waals surface area contributed by atoms with Crippen molar-refractivity contribution in [3.8, 4) is 21.0 Å². The number of anilines is 2. The lowest BCUT2D eigenvalue weighted by Crippen LogP contribution is -2.40. The van der Waals surface area contributed by atoms with Gasteiger partial charge in [-0.15, -0.1) is 11.3 Å². The maximum atomic E-state index is 14.3. The van der Waals surface area contributed by atoms with Crippen molar-refractivity contribution in [1.29, 1.82) is 0 Å². The van der Waals surface area contributed by atoms with Crippen molar-refractivity contribution in [2.24, 2.45) is 0 Å². The summed E-state index contributed by atoms with van der Waals surface area (Å²) in [6.07, 6.45) is 2.78. The van der Waals surface area contributed by atoms with Crippen LogP contribution in [0.5, 0.6) is 0 Å². The number of nitrogens with zero attached hydrogens (tertiary/aromatic N) is 2. The van der Waals surface area contributed by atoms with Gasteiger partial charge in [0, 0.05) is 48.6 Å². The number of carbonyl (C=O) groups excluding carboxylic acids is 1. The standard InChI is InChI=1S/C24H27FN4O3S2/c1-24(2,3)28-34(31,32)21-13-16(29-11-5-6-22(29)30)8-9-17(21)20-14-27-23(33-20)15-7-10-19(26-4)18(25)12-15/h7-10,12-14,26,28H,5-6,11H2,1-4H3. The number of nitrogens with one attached hydrogen (secondary N) is 2. The van der Waals surface area contributed by atoms with Gasteiger partial charge in [0.25, 0.3) is 0 Å². The monoisotopic (exact) mass is 502 g/mol. The Morgan fingerprint density at radius 2 is 1.91 bits per heavy atom. The van der Waals surface area contributed by atoms with E-state index < -0.39 is 21.4 Å². The first kappa shape index (κ1) is 24.3. The van der Waals surface area contributed by atoms with Gasteiger partial charge in [0.1, 0.15) is 10.8 Å². The minimum absolute atomic E-state index is 0.0213. The number of hydrogen-bond donors (Lipinski definition) is 2. The molecule has 0 aliphatic carbocycles. The van der Waals surface area contributed by atoms with Gasteiger partial charge in [-0.05, 0) is 57.5 Å². The van der Waals surface area contributed by atoms with Crippen molar-refractivity contribution in [3.63, 3.8) is 0 Å². The summed E-state index contributed by atoms with van der Waals surface area (Å²) < 4.78 is 43.8. The largest absolute Gasteiger partial charge is 0.386 e. The first-order valence-corrected chi connectivity index (χ1v) is 13.2. The van der Waals surface area contributed by atoms with E-state index in [1.807, 2.05) is 0 Å². The molecule has 1 aliphatic rings. The van der Waals surface area contributed by atoms with Crippen molar-refractivity contribution in [1.82, 2.24) is 9.71 Å². The third-order valence-corrected chi connectivity index (χ3v) is 8.21. The van der Waals surface area contributed by atoms with E-state index in [0.717, 1.165) is 6.42 Å². The second kappa shape index (κ2) is 9.09. The fourth-order valence-electron chi connectivity index (χ4n) is 3.87. The van der Waals surface area contributed by atoms with Crippen molar-refractivity contribution in [3.05, 3.63) is 48.4 Å². The lowest BCUT2D eigenvalue weighted by molar-refractivity contribution is -0.117. The van der Waals surface area contributed by atoms with E-state index in [4.69, 9.17) is 0 Å². The molecule has 0 bridgehead atoms. The Kier molecular flexibility index (Phi) is 6.50. The number of thiazole rings is 1. The van der Waals surface area contributed by atoms with Gasteiger partial charge in [0.05, 0.1) is 15.5 Å². The van der Waals surface area contributed by atoms with Crippen molar-refractivity contribution in [2.75, 3.05) is 23.8 Å².